The summed E-state index contributed by atoms with van der Waals surface area (Å²) in [5, 5.41) is 7.03. The van der Waals surface area contributed by atoms with Crippen molar-refractivity contribution in [1.82, 2.24) is 15.1 Å². The number of rotatable bonds is 4. The Bertz CT molecular complexity index is 575. The first kappa shape index (κ1) is 13.6. The lowest BCUT2D eigenvalue weighted by molar-refractivity contribution is 0.0950. The SMILES string of the molecule is Cc1nn(C)cc1C(=O)NCc1ccc(CCl)cc1. The average Bonchev–Trinajstić information content (AvgIpc) is 2.75. The van der Waals surface area contributed by atoms with E-state index in [0.717, 1.165) is 16.8 Å². The van der Waals surface area contributed by atoms with Crippen molar-refractivity contribution in [2.24, 2.45) is 7.05 Å². The van der Waals surface area contributed by atoms with Gasteiger partial charge in [0.1, 0.15) is 0 Å². The quantitative estimate of drug-likeness (QED) is 0.873. The van der Waals surface area contributed by atoms with E-state index in [0.29, 0.717) is 18.0 Å². The second-order valence-electron chi connectivity index (χ2n) is 4.43. The first-order valence-electron chi connectivity index (χ1n) is 6.02. The van der Waals surface area contributed by atoms with E-state index in [9.17, 15) is 4.79 Å². The van der Waals surface area contributed by atoms with Crippen molar-refractivity contribution in [1.29, 1.82) is 0 Å². The van der Waals surface area contributed by atoms with Gasteiger partial charge in [0, 0.05) is 25.7 Å². The van der Waals surface area contributed by atoms with Crippen LogP contribution in [0.15, 0.2) is 30.5 Å². The minimum Gasteiger partial charge on any atom is -0.348 e. The van der Waals surface area contributed by atoms with Gasteiger partial charge >= 0.3 is 0 Å². The van der Waals surface area contributed by atoms with E-state index in [1.54, 1.807) is 17.9 Å². The number of carbonyl (C=O) groups is 1. The summed E-state index contributed by atoms with van der Waals surface area (Å²) in [4.78, 5) is 12.0. The average molecular weight is 278 g/mol. The number of hydrogen-bond acceptors (Lipinski definition) is 2. The van der Waals surface area contributed by atoms with Crippen LogP contribution >= 0.6 is 11.6 Å². The maximum absolute atomic E-state index is 12.0. The van der Waals surface area contributed by atoms with Crippen molar-refractivity contribution in [2.75, 3.05) is 0 Å². The lowest BCUT2D eigenvalue weighted by Gasteiger charge is -2.05. The molecule has 0 bridgehead atoms. The van der Waals surface area contributed by atoms with Gasteiger partial charge in [-0.3, -0.25) is 9.48 Å². The fourth-order valence-electron chi connectivity index (χ4n) is 1.85. The van der Waals surface area contributed by atoms with Crippen LogP contribution in [0.4, 0.5) is 0 Å². The van der Waals surface area contributed by atoms with Crippen LogP contribution in [-0.4, -0.2) is 15.7 Å². The third-order valence-electron chi connectivity index (χ3n) is 2.89. The minimum atomic E-state index is -0.105. The molecule has 100 valence electrons. The number of alkyl halides is 1. The van der Waals surface area contributed by atoms with Crippen LogP contribution in [0.2, 0.25) is 0 Å². The molecule has 0 aliphatic heterocycles. The normalized spacial score (nSPS) is 10.5. The monoisotopic (exact) mass is 277 g/mol. The molecule has 0 radical (unpaired) electrons. The van der Waals surface area contributed by atoms with Gasteiger partial charge < -0.3 is 5.32 Å². The molecule has 1 heterocycles. The third kappa shape index (κ3) is 3.35. The Labute approximate surface area is 117 Å². The fourth-order valence-corrected chi connectivity index (χ4v) is 2.02. The Kier molecular flexibility index (Phi) is 4.22. The van der Waals surface area contributed by atoms with E-state index in [-0.39, 0.29) is 5.91 Å². The number of carbonyl (C=O) groups excluding carboxylic acids is 1. The Balaban J connectivity index is 1.98. The zero-order valence-corrected chi connectivity index (χ0v) is 11.7. The summed E-state index contributed by atoms with van der Waals surface area (Å²) >= 11 is 5.73. The van der Waals surface area contributed by atoms with Gasteiger partial charge in [0.2, 0.25) is 0 Å². The number of aromatic nitrogens is 2. The van der Waals surface area contributed by atoms with Gasteiger partial charge in [-0.2, -0.15) is 5.10 Å². The second-order valence-corrected chi connectivity index (χ2v) is 4.70. The highest BCUT2D eigenvalue weighted by atomic mass is 35.5. The predicted molar refractivity (Wildman–Crippen MR) is 75.1 cm³/mol. The number of nitrogens with one attached hydrogen (secondary N) is 1. The van der Waals surface area contributed by atoms with Crippen LogP contribution in [0.25, 0.3) is 0 Å². The number of hydrogen-bond donors (Lipinski definition) is 1. The van der Waals surface area contributed by atoms with E-state index in [2.05, 4.69) is 10.4 Å². The molecule has 2 rings (SSSR count). The molecular formula is C14H16ClN3O. The van der Waals surface area contributed by atoms with Gasteiger partial charge in [-0.05, 0) is 18.1 Å². The lowest BCUT2D eigenvalue weighted by atomic mass is 10.1. The highest BCUT2D eigenvalue weighted by Gasteiger charge is 2.11. The summed E-state index contributed by atoms with van der Waals surface area (Å²) in [5.74, 6) is 0.397. The van der Waals surface area contributed by atoms with Crippen LogP contribution in [0.1, 0.15) is 27.2 Å². The molecule has 4 nitrogen and oxygen atoms in total. The van der Waals surface area contributed by atoms with Crippen molar-refractivity contribution in [3.05, 3.63) is 52.8 Å². The summed E-state index contributed by atoms with van der Waals surface area (Å²) in [7, 11) is 1.80. The number of amides is 1. The molecule has 1 aromatic heterocycles. The molecule has 2 aromatic rings. The number of nitrogens with zero attached hydrogens (tertiary/aromatic N) is 2. The Morgan fingerprint density at radius 2 is 1.95 bits per heavy atom. The standard InChI is InChI=1S/C14H16ClN3O/c1-10-13(9-18(2)17-10)14(19)16-8-12-5-3-11(7-15)4-6-12/h3-6,9H,7-8H2,1-2H3,(H,16,19). The molecule has 1 amide bonds. The second kappa shape index (κ2) is 5.89. The van der Waals surface area contributed by atoms with Crippen molar-refractivity contribution in [2.45, 2.75) is 19.3 Å². The van der Waals surface area contributed by atoms with Gasteiger partial charge in [-0.25, -0.2) is 0 Å². The molecule has 5 heteroatoms. The van der Waals surface area contributed by atoms with Gasteiger partial charge in [0.15, 0.2) is 0 Å². The molecular weight excluding hydrogens is 262 g/mol. The Morgan fingerprint density at radius 1 is 1.32 bits per heavy atom. The Morgan fingerprint density at radius 3 is 2.47 bits per heavy atom. The van der Waals surface area contributed by atoms with Crippen LogP contribution in [0, 0.1) is 6.92 Å². The van der Waals surface area contributed by atoms with Crippen LogP contribution < -0.4 is 5.32 Å². The number of benzene rings is 1. The van der Waals surface area contributed by atoms with Crippen molar-refractivity contribution < 1.29 is 4.79 Å². The highest BCUT2D eigenvalue weighted by molar-refractivity contribution is 6.17. The summed E-state index contributed by atoms with van der Waals surface area (Å²) < 4.78 is 1.64. The molecule has 0 unspecified atom stereocenters. The van der Waals surface area contributed by atoms with Crippen molar-refractivity contribution in [3.63, 3.8) is 0 Å². The maximum Gasteiger partial charge on any atom is 0.255 e. The number of aryl methyl sites for hydroxylation is 2. The highest BCUT2D eigenvalue weighted by Crippen LogP contribution is 2.08. The molecule has 1 N–H and O–H groups in total. The molecule has 19 heavy (non-hydrogen) atoms. The molecule has 1 aromatic carbocycles. The van der Waals surface area contributed by atoms with Crippen LogP contribution in [0.5, 0.6) is 0 Å². The van der Waals surface area contributed by atoms with E-state index >= 15 is 0 Å². The van der Waals surface area contributed by atoms with E-state index in [4.69, 9.17) is 11.6 Å². The van der Waals surface area contributed by atoms with E-state index < -0.39 is 0 Å². The first-order chi connectivity index (χ1) is 9.10. The smallest absolute Gasteiger partial charge is 0.255 e. The minimum absolute atomic E-state index is 0.105. The summed E-state index contributed by atoms with van der Waals surface area (Å²) in [6.07, 6.45) is 1.72. The van der Waals surface area contributed by atoms with Crippen LogP contribution in [0.3, 0.4) is 0 Å². The molecule has 0 saturated heterocycles. The molecule has 0 fully saturated rings. The first-order valence-corrected chi connectivity index (χ1v) is 6.56. The largest absolute Gasteiger partial charge is 0.348 e. The van der Waals surface area contributed by atoms with Gasteiger partial charge in [0.25, 0.3) is 5.91 Å². The van der Waals surface area contributed by atoms with Gasteiger partial charge in [-0.15, -0.1) is 11.6 Å². The zero-order valence-electron chi connectivity index (χ0n) is 11.0. The van der Waals surface area contributed by atoms with Crippen LogP contribution in [-0.2, 0) is 19.5 Å². The fraction of sp³-hybridized carbons (Fsp3) is 0.286. The summed E-state index contributed by atoms with van der Waals surface area (Å²) in [5.41, 5.74) is 3.46. The summed E-state index contributed by atoms with van der Waals surface area (Å²) in [6.45, 7) is 2.32. The molecule has 0 saturated carbocycles. The van der Waals surface area contributed by atoms with Gasteiger partial charge in [0.05, 0.1) is 11.3 Å². The lowest BCUT2D eigenvalue weighted by Crippen LogP contribution is -2.23. The number of halogens is 1. The van der Waals surface area contributed by atoms with E-state index in [1.165, 1.54) is 0 Å². The molecule has 0 aliphatic rings. The Hall–Kier alpha value is -1.81. The summed E-state index contributed by atoms with van der Waals surface area (Å²) in [6, 6.07) is 7.86. The molecule has 0 aliphatic carbocycles. The molecule has 0 spiro atoms. The van der Waals surface area contributed by atoms with Crippen molar-refractivity contribution >= 4 is 17.5 Å². The zero-order chi connectivity index (χ0) is 13.8. The third-order valence-corrected chi connectivity index (χ3v) is 3.20. The predicted octanol–water partition coefficient (Wildman–Crippen LogP) is 2.40. The van der Waals surface area contributed by atoms with Crippen molar-refractivity contribution in [3.8, 4) is 0 Å². The van der Waals surface area contributed by atoms with E-state index in [1.807, 2.05) is 31.2 Å². The van der Waals surface area contributed by atoms with Gasteiger partial charge in [-0.1, -0.05) is 24.3 Å². The molecule has 0 atom stereocenters. The maximum atomic E-state index is 12.0. The topological polar surface area (TPSA) is 46.9 Å².